The fourth-order valence-corrected chi connectivity index (χ4v) is 2.23. The van der Waals surface area contributed by atoms with Crippen LogP contribution in [0.3, 0.4) is 0 Å². The molecule has 0 unspecified atom stereocenters. The van der Waals surface area contributed by atoms with Crippen molar-refractivity contribution < 1.29 is 23.8 Å². The lowest BCUT2D eigenvalue weighted by molar-refractivity contribution is -0.593. The molecule has 0 saturated heterocycles. The summed E-state index contributed by atoms with van der Waals surface area (Å²) in [7, 11) is 2.35. The van der Waals surface area contributed by atoms with Gasteiger partial charge < -0.3 is 14.7 Å². The highest BCUT2D eigenvalue weighted by molar-refractivity contribution is 7.13. The van der Waals surface area contributed by atoms with Gasteiger partial charge in [-0.25, -0.2) is 14.6 Å². The molecule has 0 bridgehead atoms. The number of ether oxygens (including phenoxy) is 2. The van der Waals surface area contributed by atoms with Crippen molar-refractivity contribution in [3.8, 4) is 10.7 Å². The van der Waals surface area contributed by atoms with E-state index < -0.39 is 11.9 Å². The maximum absolute atomic E-state index is 11.9. The van der Waals surface area contributed by atoms with E-state index in [9.17, 15) is 14.8 Å². The van der Waals surface area contributed by atoms with Crippen LogP contribution in [0, 0.1) is 5.21 Å². The first kappa shape index (κ1) is 13.9. The topological polar surface area (TPSA) is 92.4 Å². The number of thiazole rings is 1. The first-order valence-electron chi connectivity index (χ1n) is 5.42. The molecule has 0 aliphatic rings. The van der Waals surface area contributed by atoms with Gasteiger partial charge in [-0.3, -0.25) is 0 Å². The molecular weight excluding hydrogens is 284 g/mol. The van der Waals surface area contributed by atoms with Gasteiger partial charge in [-0.1, -0.05) is 0 Å². The van der Waals surface area contributed by atoms with Gasteiger partial charge in [-0.2, -0.15) is 4.73 Å². The Morgan fingerprint density at radius 3 is 2.45 bits per heavy atom. The van der Waals surface area contributed by atoms with Crippen LogP contribution in [0.1, 0.15) is 20.7 Å². The zero-order valence-corrected chi connectivity index (χ0v) is 11.5. The number of nitrogens with zero attached hydrogens (tertiary/aromatic N) is 2. The largest absolute Gasteiger partial charge is 0.618 e. The summed E-state index contributed by atoms with van der Waals surface area (Å²) in [5.74, 6) is -1.52. The van der Waals surface area contributed by atoms with Crippen molar-refractivity contribution in [2.45, 2.75) is 0 Å². The van der Waals surface area contributed by atoms with Crippen LogP contribution in [0.5, 0.6) is 0 Å². The molecule has 2 aromatic rings. The summed E-state index contributed by atoms with van der Waals surface area (Å²) in [5, 5.41) is 14.1. The minimum atomic E-state index is -0.791. The van der Waals surface area contributed by atoms with Crippen LogP contribution in [-0.4, -0.2) is 31.1 Å². The van der Waals surface area contributed by atoms with Gasteiger partial charge in [-0.05, 0) is 0 Å². The van der Waals surface area contributed by atoms with E-state index in [1.165, 1.54) is 30.7 Å². The highest BCUT2D eigenvalue weighted by Crippen LogP contribution is 2.21. The Labute approximate surface area is 118 Å². The van der Waals surface area contributed by atoms with Crippen LogP contribution < -0.4 is 4.73 Å². The van der Waals surface area contributed by atoms with Crippen LogP contribution in [0.15, 0.2) is 23.8 Å². The van der Waals surface area contributed by atoms with E-state index in [1.807, 2.05) is 0 Å². The van der Waals surface area contributed by atoms with Crippen molar-refractivity contribution in [2.24, 2.45) is 0 Å². The minimum Gasteiger partial charge on any atom is -0.618 e. The SMILES string of the molecule is COC(=O)c1cc(-c2nccs2)[n+]([O-])cc1C(=O)OC. The van der Waals surface area contributed by atoms with Gasteiger partial charge in [0.15, 0.2) is 11.2 Å². The van der Waals surface area contributed by atoms with Crippen molar-refractivity contribution in [1.29, 1.82) is 0 Å². The summed E-state index contributed by atoms with van der Waals surface area (Å²) in [4.78, 5) is 27.3. The summed E-state index contributed by atoms with van der Waals surface area (Å²) < 4.78 is 9.62. The number of esters is 2. The standard InChI is InChI=1S/C12H10N2O5S/c1-18-11(15)7-5-9(10-13-3-4-20-10)14(17)6-8(7)12(16)19-2/h3-6H,1-2H3. The first-order valence-corrected chi connectivity index (χ1v) is 6.30. The normalized spacial score (nSPS) is 10.1. The van der Waals surface area contributed by atoms with E-state index in [2.05, 4.69) is 14.5 Å². The van der Waals surface area contributed by atoms with E-state index in [1.54, 1.807) is 5.38 Å². The lowest BCUT2D eigenvalue weighted by Crippen LogP contribution is -2.32. The molecule has 0 N–H and O–H groups in total. The lowest BCUT2D eigenvalue weighted by Gasteiger charge is -2.08. The maximum Gasteiger partial charge on any atom is 0.344 e. The summed E-state index contributed by atoms with van der Waals surface area (Å²) in [6, 6.07) is 1.27. The number of hydrogen-bond donors (Lipinski definition) is 0. The average molecular weight is 294 g/mol. The highest BCUT2D eigenvalue weighted by Gasteiger charge is 2.26. The molecule has 104 valence electrons. The van der Waals surface area contributed by atoms with Crippen LogP contribution >= 0.6 is 11.3 Å². The van der Waals surface area contributed by atoms with Gasteiger partial charge in [0.2, 0.25) is 0 Å². The number of aromatic nitrogens is 2. The first-order chi connectivity index (χ1) is 9.58. The van der Waals surface area contributed by atoms with E-state index in [0.717, 1.165) is 13.3 Å². The van der Waals surface area contributed by atoms with E-state index >= 15 is 0 Å². The number of methoxy groups -OCH3 is 2. The second-order valence-electron chi connectivity index (χ2n) is 3.63. The highest BCUT2D eigenvalue weighted by atomic mass is 32.1. The van der Waals surface area contributed by atoms with Crippen LogP contribution in [0.25, 0.3) is 10.7 Å². The Morgan fingerprint density at radius 1 is 1.25 bits per heavy atom. The second kappa shape index (κ2) is 5.66. The monoisotopic (exact) mass is 294 g/mol. The second-order valence-corrected chi connectivity index (χ2v) is 4.53. The van der Waals surface area contributed by atoms with Crippen molar-refractivity contribution in [1.82, 2.24) is 4.98 Å². The average Bonchev–Trinajstić information content (AvgIpc) is 2.99. The summed E-state index contributed by atoms with van der Waals surface area (Å²) in [5.41, 5.74) is -0.0423. The predicted octanol–water partition coefficient (Wildman–Crippen LogP) is 1.02. The Kier molecular flexibility index (Phi) is 3.94. The number of carbonyl (C=O) groups excluding carboxylic acids is 2. The third-order valence-corrected chi connectivity index (χ3v) is 3.31. The molecule has 0 aliphatic heterocycles. The Bertz CT molecular complexity index is 654. The molecule has 2 aromatic heterocycles. The van der Waals surface area contributed by atoms with Crippen molar-refractivity contribution in [2.75, 3.05) is 14.2 Å². The Balaban J connectivity index is 2.64. The van der Waals surface area contributed by atoms with Gasteiger partial charge in [0.05, 0.1) is 19.8 Å². The molecule has 0 saturated carbocycles. The molecular formula is C12H10N2O5S. The lowest BCUT2D eigenvalue weighted by atomic mass is 10.1. The molecule has 0 atom stereocenters. The van der Waals surface area contributed by atoms with E-state index in [0.29, 0.717) is 9.74 Å². The molecule has 0 amide bonds. The number of carbonyl (C=O) groups is 2. The van der Waals surface area contributed by atoms with Gasteiger partial charge in [0, 0.05) is 17.6 Å². The van der Waals surface area contributed by atoms with Gasteiger partial charge in [-0.15, -0.1) is 11.3 Å². The smallest absolute Gasteiger partial charge is 0.344 e. The quantitative estimate of drug-likeness (QED) is 0.476. The molecule has 0 aromatic carbocycles. The molecule has 0 spiro atoms. The third-order valence-electron chi connectivity index (χ3n) is 2.52. The van der Waals surface area contributed by atoms with Gasteiger partial charge in [0.1, 0.15) is 5.56 Å². The molecule has 0 radical (unpaired) electrons. The Hall–Kier alpha value is -2.48. The fourth-order valence-electron chi connectivity index (χ4n) is 1.59. The fraction of sp³-hybridized carbons (Fsp3) is 0.167. The predicted molar refractivity (Wildman–Crippen MR) is 69.2 cm³/mol. The molecule has 8 heteroatoms. The minimum absolute atomic E-state index is 0.0448. The van der Waals surface area contributed by atoms with Gasteiger partial charge in [0.25, 0.3) is 5.69 Å². The zero-order valence-electron chi connectivity index (χ0n) is 10.7. The third kappa shape index (κ3) is 2.45. The summed E-state index contributed by atoms with van der Waals surface area (Å²) in [6.45, 7) is 0. The molecule has 0 fully saturated rings. The van der Waals surface area contributed by atoms with Crippen molar-refractivity contribution in [3.05, 3.63) is 40.2 Å². The summed E-state index contributed by atoms with van der Waals surface area (Å²) >= 11 is 1.24. The molecule has 7 nitrogen and oxygen atoms in total. The number of hydrogen-bond acceptors (Lipinski definition) is 7. The van der Waals surface area contributed by atoms with E-state index in [4.69, 9.17) is 0 Å². The van der Waals surface area contributed by atoms with Crippen LogP contribution in [0.2, 0.25) is 0 Å². The summed E-state index contributed by atoms with van der Waals surface area (Å²) in [6.07, 6.45) is 2.51. The van der Waals surface area contributed by atoms with Crippen LogP contribution in [-0.2, 0) is 9.47 Å². The number of pyridine rings is 1. The van der Waals surface area contributed by atoms with Crippen molar-refractivity contribution >= 4 is 23.3 Å². The zero-order chi connectivity index (χ0) is 14.7. The van der Waals surface area contributed by atoms with Gasteiger partial charge >= 0.3 is 11.9 Å². The van der Waals surface area contributed by atoms with Crippen molar-refractivity contribution in [3.63, 3.8) is 0 Å². The maximum atomic E-state index is 11.9. The number of rotatable bonds is 3. The van der Waals surface area contributed by atoms with E-state index in [-0.39, 0.29) is 16.8 Å². The Morgan fingerprint density at radius 2 is 1.90 bits per heavy atom. The molecule has 0 aliphatic carbocycles. The molecule has 2 rings (SSSR count). The molecule has 2 heterocycles. The van der Waals surface area contributed by atoms with Crippen LogP contribution in [0.4, 0.5) is 0 Å². The molecule has 20 heavy (non-hydrogen) atoms.